The van der Waals surface area contributed by atoms with Crippen LogP contribution in [0.15, 0.2) is 24.3 Å². The standard InChI is InChI=1S/C16H26O.C5H12/c1-3-5-7-8-9-11-15-14(10-6-4-2)12-13-16(15)17;1-3-5-4-2/h6,8-10,14-15H,3-5,7,11-13H2,1-2H3;3-5H2,1-2H3/b9-8-,10-6+;/t14?,15-;/m1./s1. The molecule has 1 saturated carbocycles. The largest absolute Gasteiger partial charge is 0.299 e. The second-order valence-electron chi connectivity index (χ2n) is 6.31. The maximum Gasteiger partial charge on any atom is 0.136 e. The highest BCUT2D eigenvalue weighted by atomic mass is 16.1. The molecule has 1 nitrogen and oxygen atoms in total. The van der Waals surface area contributed by atoms with Crippen LogP contribution in [0.1, 0.15) is 91.9 Å². The molecular formula is C21H38O. The molecule has 0 aromatic carbocycles. The summed E-state index contributed by atoms with van der Waals surface area (Å²) < 4.78 is 0. The van der Waals surface area contributed by atoms with Crippen LogP contribution in [0.4, 0.5) is 0 Å². The molecule has 0 saturated heterocycles. The highest BCUT2D eigenvalue weighted by molar-refractivity contribution is 5.83. The first-order valence-electron chi connectivity index (χ1n) is 9.55. The Morgan fingerprint density at radius 1 is 0.955 bits per heavy atom. The van der Waals surface area contributed by atoms with Gasteiger partial charge in [-0.3, -0.25) is 4.79 Å². The topological polar surface area (TPSA) is 17.1 Å². The van der Waals surface area contributed by atoms with Crippen molar-refractivity contribution >= 4 is 5.78 Å². The van der Waals surface area contributed by atoms with Gasteiger partial charge >= 0.3 is 0 Å². The summed E-state index contributed by atoms with van der Waals surface area (Å²) in [5, 5.41) is 0. The van der Waals surface area contributed by atoms with Crippen LogP contribution in [-0.2, 0) is 4.79 Å². The smallest absolute Gasteiger partial charge is 0.136 e. The van der Waals surface area contributed by atoms with Gasteiger partial charge in [0.1, 0.15) is 5.78 Å². The van der Waals surface area contributed by atoms with E-state index in [4.69, 9.17) is 0 Å². The zero-order valence-electron chi connectivity index (χ0n) is 15.4. The number of hydrogen-bond acceptors (Lipinski definition) is 1. The van der Waals surface area contributed by atoms with E-state index in [1.54, 1.807) is 0 Å². The number of carbonyl (C=O) groups is 1. The minimum absolute atomic E-state index is 0.260. The number of Topliss-reactive ketones (excluding diaryl/α,β-unsaturated/α-hetero) is 1. The Labute approximate surface area is 139 Å². The van der Waals surface area contributed by atoms with Crippen LogP contribution in [0.5, 0.6) is 0 Å². The van der Waals surface area contributed by atoms with Gasteiger partial charge in [0.25, 0.3) is 0 Å². The first-order valence-corrected chi connectivity index (χ1v) is 9.55. The molecular weight excluding hydrogens is 268 g/mol. The summed E-state index contributed by atoms with van der Waals surface area (Å²) in [6.07, 6.45) is 20.5. The van der Waals surface area contributed by atoms with E-state index in [0.717, 1.165) is 32.1 Å². The molecule has 1 aliphatic carbocycles. The van der Waals surface area contributed by atoms with Crippen LogP contribution < -0.4 is 0 Å². The number of carbonyl (C=O) groups excluding carboxylic acids is 1. The van der Waals surface area contributed by atoms with Gasteiger partial charge in [0.05, 0.1) is 0 Å². The van der Waals surface area contributed by atoms with Gasteiger partial charge in [-0.1, -0.05) is 84.1 Å². The molecule has 0 bridgehead atoms. The van der Waals surface area contributed by atoms with E-state index >= 15 is 0 Å². The molecule has 22 heavy (non-hydrogen) atoms. The van der Waals surface area contributed by atoms with Crippen molar-refractivity contribution in [2.75, 3.05) is 0 Å². The van der Waals surface area contributed by atoms with E-state index in [9.17, 15) is 4.79 Å². The molecule has 0 aromatic heterocycles. The summed E-state index contributed by atoms with van der Waals surface area (Å²) in [7, 11) is 0. The summed E-state index contributed by atoms with van der Waals surface area (Å²) in [6.45, 7) is 8.78. The Morgan fingerprint density at radius 3 is 2.18 bits per heavy atom. The third-order valence-electron chi connectivity index (χ3n) is 4.26. The Morgan fingerprint density at radius 2 is 1.64 bits per heavy atom. The molecule has 0 spiro atoms. The van der Waals surface area contributed by atoms with E-state index in [1.165, 1.54) is 32.1 Å². The molecule has 0 aromatic rings. The molecule has 0 heterocycles. The molecule has 0 amide bonds. The summed E-state index contributed by atoms with van der Waals surface area (Å²) >= 11 is 0. The third-order valence-corrected chi connectivity index (χ3v) is 4.26. The van der Waals surface area contributed by atoms with E-state index in [2.05, 4.69) is 52.0 Å². The van der Waals surface area contributed by atoms with Crippen molar-refractivity contribution in [1.29, 1.82) is 0 Å². The lowest BCUT2D eigenvalue weighted by Crippen LogP contribution is -2.12. The molecule has 1 fully saturated rings. The van der Waals surface area contributed by atoms with Crippen LogP contribution in [0.25, 0.3) is 0 Å². The third kappa shape index (κ3) is 9.97. The lowest BCUT2D eigenvalue weighted by Gasteiger charge is -2.12. The summed E-state index contributed by atoms with van der Waals surface area (Å²) in [5.74, 6) is 1.23. The predicted octanol–water partition coefficient (Wildman–Crippen LogP) is 6.88. The van der Waals surface area contributed by atoms with E-state index in [-0.39, 0.29) is 5.92 Å². The molecule has 1 heteroatoms. The van der Waals surface area contributed by atoms with E-state index in [0.29, 0.717) is 11.7 Å². The van der Waals surface area contributed by atoms with Gasteiger partial charge in [0.15, 0.2) is 0 Å². The van der Waals surface area contributed by atoms with Gasteiger partial charge < -0.3 is 0 Å². The number of unbranched alkanes of at least 4 members (excludes halogenated alkanes) is 4. The number of rotatable bonds is 9. The minimum atomic E-state index is 0.260. The van der Waals surface area contributed by atoms with Crippen LogP contribution in [-0.4, -0.2) is 5.78 Å². The number of ketones is 1. The van der Waals surface area contributed by atoms with Crippen molar-refractivity contribution < 1.29 is 4.79 Å². The van der Waals surface area contributed by atoms with Crippen molar-refractivity contribution in [3.05, 3.63) is 24.3 Å². The van der Waals surface area contributed by atoms with Gasteiger partial charge in [-0.05, 0) is 31.6 Å². The molecule has 1 aliphatic rings. The summed E-state index contributed by atoms with van der Waals surface area (Å²) in [5.41, 5.74) is 0. The second kappa shape index (κ2) is 15.1. The highest BCUT2D eigenvalue weighted by Crippen LogP contribution is 2.32. The Balaban J connectivity index is 0.000000763. The zero-order chi connectivity index (χ0) is 16.6. The van der Waals surface area contributed by atoms with Crippen LogP contribution >= 0.6 is 0 Å². The SMILES string of the molecule is CC/C=C/C1CCC(=O)[C@@H]1C/C=C\CCCC.CCCCC. The second-order valence-corrected chi connectivity index (χ2v) is 6.31. The Kier molecular flexibility index (Phi) is 14.5. The van der Waals surface area contributed by atoms with Crippen molar-refractivity contribution in [2.24, 2.45) is 11.8 Å². The van der Waals surface area contributed by atoms with Crippen molar-refractivity contribution in [3.8, 4) is 0 Å². The van der Waals surface area contributed by atoms with E-state index < -0.39 is 0 Å². The minimum Gasteiger partial charge on any atom is -0.299 e. The fourth-order valence-electron chi connectivity index (χ4n) is 2.82. The molecule has 0 N–H and O–H groups in total. The Hall–Kier alpha value is -0.850. The number of hydrogen-bond donors (Lipinski definition) is 0. The average Bonchev–Trinajstić information content (AvgIpc) is 2.87. The van der Waals surface area contributed by atoms with Gasteiger partial charge in [-0.25, -0.2) is 0 Å². The van der Waals surface area contributed by atoms with Gasteiger partial charge in [0.2, 0.25) is 0 Å². The summed E-state index contributed by atoms with van der Waals surface area (Å²) in [6, 6.07) is 0. The molecule has 128 valence electrons. The molecule has 0 aliphatic heterocycles. The van der Waals surface area contributed by atoms with Crippen molar-refractivity contribution in [1.82, 2.24) is 0 Å². The highest BCUT2D eigenvalue weighted by Gasteiger charge is 2.31. The van der Waals surface area contributed by atoms with Gasteiger partial charge in [-0.2, -0.15) is 0 Å². The zero-order valence-corrected chi connectivity index (χ0v) is 15.4. The fraction of sp³-hybridized carbons (Fsp3) is 0.762. The fourth-order valence-corrected chi connectivity index (χ4v) is 2.82. The van der Waals surface area contributed by atoms with Crippen LogP contribution in [0, 0.1) is 11.8 Å². The van der Waals surface area contributed by atoms with Crippen LogP contribution in [0.2, 0.25) is 0 Å². The quantitative estimate of drug-likeness (QED) is 0.335. The first kappa shape index (κ1) is 21.1. The Bertz CT molecular complexity index is 312. The van der Waals surface area contributed by atoms with Crippen LogP contribution in [0.3, 0.4) is 0 Å². The molecule has 0 radical (unpaired) electrons. The first-order chi connectivity index (χ1) is 10.7. The van der Waals surface area contributed by atoms with Gasteiger partial charge in [0, 0.05) is 12.3 Å². The van der Waals surface area contributed by atoms with Crippen molar-refractivity contribution in [2.45, 2.75) is 91.9 Å². The van der Waals surface area contributed by atoms with Gasteiger partial charge in [-0.15, -0.1) is 0 Å². The van der Waals surface area contributed by atoms with E-state index in [1.807, 2.05) is 0 Å². The maximum atomic E-state index is 11.8. The normalized spacial score (nSPS) is 21.5. The van der Waals surface area contributed by atoms with Crippen molar-refractivity contribution in [3.63, 3.8) is 0 Å². The number of allylic oxidation sites excluding steroid dienone is 4. The molecule has 1 rings (SSSR count). The predicted molar refractivity (Wildman–Crippen MR) is 99.1 cm³/mol. The molecule has 2 atom stereocenters. The lowest BCUT2D eigenvalue weighted by molar-refractivity contribution is -0.120. The average molecular weight is 307 g/mol. The summed E-state index contributed by atoms with van der Waals surface area (Å²) in [4.78, 5) is 11.8. The molecule has 1 unspecified atom stereocenters. The maximum absolute atomic E-state index is 11.8. The monoisotopic (exact) mass is 306 g/mol. The lowest BCUT2D eigenvalue weighted by atomic mass is 9.91.